The molecule has 158 valence electrons. The molecule has 0 fully saturated rings. The number of hydrogen-bond donors (Lipinski definition) is 2. The summed E-state index contributed by atoms with van der Waals surface area (Å²) in [5, 5.41) is 17.8. The van der Waals surface area contributed by atoms with Gasteiger partial charge in [-0.2, -0.15) is 5.10 Å². The average molecular weight is 423 g/mol. The van der Waals surface area contributed by atoms with E-state index in [0.717, 1.165) is 5.56 Å². The molecule has 2 N–H and O–H groups in total. The summed E-state index contributed by atoms with van der Waals surface area (Å²) in [7, 11) is -3.40. The van der Waals surface area contributed by atoms with E-state index >= 15 is 0 Å². The summed E-state index contributed by atoms with van der Waals surface area (Å²) >= 11 is 0. The van der Waals surface area contributed by atoms with E-state index in [0.29, 0.717) is 11.3 Å². The van der Waals surface area contributed by atoms with Crippen molar-refractivity contribution in [1.82, 2.24) is 19.8 Å². The molecule has 29 heavy (non-hydrogen) atoms. The van der Waals surface area contributed by atoms with Crippen molar-refractivity contribution in [3.05, 3.63) is 56.9 Å². The van der Waals surface area contributed by atoms with Crippen molar-refractivity contribution in [2.45, 2.75) is 52.6 Å². The molecule has 0 spiro atoms. The van der Waals surface area contributed by atoms with E-state index in [1.807, 2.05) is 0 Å². The molecular formula is C18H25N5O5S. The molecule has 0 saturated carbocycles. The number of aryl methyl sites for hydroxylation is 1. The molecule has 0 bridgehead atoms. The number of sulfonamides is 1. The summed E-state index contributed by atoms with van der Waals surface area (Å²) in [6.45, 7) is 6.71. The summed E-state index contributed by atoms with van der Waals surface area (Å²) in [6.07, 6.45) is 0. The Kier molecular flexibility index (Phi) is 7.09. The minimum absolute atomic E-state index is 0.0877. The van der Waals surface area contributed by atoms with Gasteiger partial charge in [0, 0.05) is 12.6 Å². The highest BCUT2D eigenvalue weighted by Gasteiger charge is 2.22. The zero-order chi connectivity index (χ0) is 21.8. The monoisotopic (exact) mass is 423 g/mol. The van der Waals surface area contributed by atoms with Gasteiger partial charge in [0.05, 0.1) is 10.7 Å². The number of nitrogens with zero attached hydrogens (tertiary/aromatic N) is 3. The fourth-order valence-corrected chi connectivity index (χ4v) is 4.30. The Bertz CT molecular complexity index is 996. The standard InChI is InChI=1S/C18H25N5O5S/c1-12(2)21-29(27,28)11-16-7-5-15(6-8-16)9-19-17(24)10-22-14(4)18(23(25)26)13(3)20-22/h5-8,12,21H,9-11H2,1-4H3,(H,19,24). The van der Waals surface area contributed by atoms with E-state index in [1.54, 1.807) is 45.0 Å². The third-order valence-electron chi connectivity index (χ3n) is 4.10. The van der Waals surface area contributed by atoms with Crippen LogP contribution in [0.15, 0.2) is 24.3 Å². The van der Waals surface area contributed by atoms with E-state index < -0.39 is 14.9 Å². The van der Waals surface area contributed by atoms with Crippen molar-refractivity contribution in [3.63, 3.8) is 0 Å². The highest BCUT2D eigenvalue weighted by Crippen LogP contribution is 2.21. The van der Waals surface area contributed by atoms with E-state index in [4.69, 9.17) is 0 Å². The lowest BCUT2D eigenvalue weighted by molar-refractivity contribution is -0.386. The van der Waals surface area contributed by atoms with Crippen molar-refractivity contribution >= 4 is 21.6 Å². The number of carbonyl (C=O) groups excluding carboxylic acids is 1. The van der Waals surface area contributed by atoms with Crippen LogP contribution in [0.2, 0.25) is 0 Å². The molecule has 2 aromatic rings. The molecule has 0 aliphatic carbocycles. The molecule has 1 amide bonds. The second-order valence-electron chi connectivity index (χ2n) is 7.06. The molecule has 1 aromatic carbocycles. The normalized spacial score (nSPS) is 11.6. The maximum absolute atomic E-state index is 12.2. The lowest BCUT2D eigenvalue weighted by atomic mass is 10.1. The second kappa shape index (κ2) is 9.14. The SMILES string of the molecule is Cc1nn(CC(=O)NCc2ccc(CS(=O)(=O)NC(C)C)cc2)c(C)c1[N+](=O)[O-]. The van der Waals surface area contributed by atoms with Crippen LogP contribution in [0.3, 0.4) is 0 Å². The van der Waals surface area contributed by atoms with Crippen molar-refractivity contribution in [1.29, 1.82) is 0 Å². The molecule has 0 saturated heterocycles. The van der Waals surface area contributed by atoms with Gasteiger partial charge in [0.1, 0.15) is 17.9 Å². The third kappa shape index (κ3) is 6.36. The number of aromatic nitrogens is 2. The molecule has 2 rings (SSSR count). The van der Waals surface area contributed by atoms with Crippen LogP contribution >= 0.6 is 0 Å². The first-order chi connectivity index (χ1) is 13.5. The maximum atomic E-state index is 12.2. The minimum atomic E-state index is -3.40. The predicted octanol–water partition coefficient (Wildman–Crippen LogP) is 1.55. The Morgan fingerprint density at radius 2 is 1.79 bits per heavy atom. The van der Waals surface area contributed by atoms with Crippen LogP contribution < -0.4 is 10.0 Å². The Morgan fingerprint density at radius 1 is 1.21 bits per heavy atom. The Labute approximate surface area is 169 Å². The zero-order valence-corrected chi connectivity index (χ0v) is 17.6. The third-order valence-corrected chi connectivity index (χ3v) is 5.65. The van der Waals surface area contributed by atoms with Gasteiger partial charge < -0.3 is 5.32 Å². The quantitative estimate of drug-likeness (QED) is 0.464. The molecule has 0 aliphatic heterocycles. The Balaban J connectivity index is 1.93. The summed E-state index contributed by atoms with van der Waals surface area (Å²) in [6, 6.07) is 6.72. The molecule has 0 atom stereocenters. The van der Waals surface area contributed by atoms with E-state index in [9.17, 15) is 23.3 Å². The number of rotatable bonds is 9. The number of hydrogen-bond acceptors (Lipinski definition) is 6. The fourth-order valence-electron chi connectivity index (χ4n) is 2.87. The number of amides is 1. The first kappa shape index (κ1) is 22.5. The summed E-state index contributed by atoms with van der Waals surface area (Å²) in [5.41, 5.74) is 1.94. The molecule has 1 aromatic heterocycles. The molecule has 0 radical (unpaired) electrons. The van der Waals surface area contributed by atoms with Gasteiger partial charge >= 0.3 is 5.69 Å². The maximum Gasteiger partial charge on any atom is 0.312 e. The smallest absolute Gasteiger partial charge is 0.312 e. The van der Waals surface area contributed by atoms with Gasteiger partial charge in [0.2, 0.25) is 15.9 Å². The molecule has 0 aliphatic rings. The number of carbonyl (C=O) groups is 1. The predicted molar refractivity (Wildman–Crippen MR) is 108 cm³/mol. The van der Waals surface area contributed by atoms with Crippen LogP contribution in [0, 0.1) is 24.0 Å². The van der Waals surface area contributed by atoms with E-state index in [1.165, 1.54) is 11.6 Å². The van der Waals surface area contributed by atoms with Gasteiger partial charge in [-0.3, -0.25) is 19.6 Å². The van der Waals surface area contributed by atoms with E-state index in [2.05, 4.69) is 15.1 Å². The second-order valence-corrected chi connectivity index (χ2v) is 8.81. The summed E-state index contributed by atoms with van der Waals surface area (Å²) in [4.78, 5) is 22.7. The first-order valence-electron chi connectivity index (χ1n) is 9.01. The number of nitrogens with one attached hydrogen (secondary N) is 2. The number of benzene rings is 1. The summed E-state index contributed by atoms with van der Waals surface area (Å²) < 4.78 is 27.8. The van der Waals surface area contributed by atoms with Gasteiger partial charge in [-0.15, -0.1) is 0 Å². The molecule has 10 nitrogen and oxygen atoms in total. The van der Waals surface area contributed by atoms with Crippen LogP contribution in [0.25, 0.3) is 0 Å². The first-order valence-corrected chi connectivity index (χ1v) is 10.7. The minimum Gasteiger partial charge on any atom is -0.350 e. The Hall–Kier alpha value is -2.79. The van der Waals surface area contributed by atoms with E-state index in [-0.39, 0.29) is 42.2 Å². The van der Waals surface area contributed by atoms with Crippen molar-refractivity contribution < 1.29 is 18.1 Å². The van der Waals surface area contributed by atoms with Crippen molar-refractivity contribution in [2.75, 3.05) is 0 Å². The highest BCUT2D eigenvalue weighted by molar-refractivity contribution is 7.88. The molecule has 11 heteroatoms. The van der Waals surface area contributed by atoms with Crippen LogP contribution in [0.4, 0.5) is 5.69 Å². The van der Waals surface area contributed by atoms with Gasteiger partial charge in [0.15, 0.2) is 0 Å². The lowest BCUT2D eigenvalue weighted by Crippen LogP contribution is -2.31. The topological polar surface area (TPSA) is 136 Å². The van der Waals surface area contributed by atoms with Crippen LogP contribution in [0.1, 0.15) is 36.4 Å². The fraction of sp³-hybridized carbons (Fsp3) is 0.444. The van der Waals surface area contributed by atoms with Crippen LogP contribution in [-0.2, 0) is 33.7 Å². The number of nitro groups is 1. The largest absolute Gasteiger partial charge is 0.350 e. The van der Waals surface area contributed by atoms with Crippen molar-refractivity contribution in [3.8, 4) is 0 Å². The summed E-state index contributed by atoms with van der Waals surface area (Å²) in [5.74, 6) is -0.451. The highest BCUT2D eigenvalue weighted by atomic mass is 32.2. The lowest BCUT2D eigenvalue weighted by Gasteiger charge is -2.10. The van der Waals surface area contributed by atoms with Gasteiger partial charge in [0.25, 0.3) is 0 Å². The average Bonchev–Trinajstić information content (AvgIpc) is 2.86. The van der Waals surface area contributed by atoms with Crippen molar-refractivity contribution in [2.24, 2.45) is 0 Å². The molecule has 0 unspecified atom stereocenters. The Morgan fingerprint density at radius 3 is 2.31 bits per heavy atom. The van der Waals surface area contributed by atoms with Gasteiger partial charge in [-0.05, 0) is 38.8 Å². The van der Waals surface area contributed by atoms with Crippen LogP contribution in [-0.4, -0.2) is 35.1 Å². The van der Waals surface area contributed by atoms with Gasteiger partial charge in [-0.25, -0.2) is 13.1 Å². The van der Waals surface area contributed by atoms with Gasteiger partial charge in [-0.1, -0.05) is 24.3 Å². The molecular weight excluding hydrogens is 398 g/mol. The van der Waals surface area contributed by atoms with Crippen LogP contribution in [0.5, 0.6) is 0 Å². The zero-order valence-electron chi connectivity index (χ0n) is 16.8. The molecule has 1 heterocycles.